The Kier molecular flexibility index (Phi) is 2.00. The van der Waals surface area contributed by atoms with Crippen molar-refractivity contribution in [3.63, 3.8) is 0 Å². The summed E-state index contributed by atoms with van der Waals surface area (Å²) in [6.07, 6.45) is 0.869. The van der Waals surface area contributed by atoms with Crippen molar-refractivity contribution in [2.75, 3.05) is 7.11 Å². The maximum atomic E-state index is 10.8. The van der Waals surface area contributed by atoms with Gasteiger partial charge >= 0.3 is 0 Å². The zero-order valence-corrected chi connectivity index (χ0v) is 8.13. The number of aromatic amines is 1. The largest absolute Gasteiger partial charge is 0.497 e. The molecule has 14 heavy (non-hydrogen) atoms. The Morgan fingerprint density at radius 3 is 2.86 bits per heavy atom. The lowest BCUT2D eigenvalue weighted by atomic mass is 10.1. The third-order valence-electron chi connectivity index (χ3n) is 2.36. The highest BCUT2D eigenvalue weighted by molar-refractivity contribution is 5.99. The summed E-state index contributed by atoms with van der Waals surface area (Å²) in [7, 11) is 1.61. The van der Waals surface area contributed by atoms with Gasteiger partial charge in [-0.3, -0.25) is 4.79 Å². The molecule has 1 N–H and O–H groups in total. The van der Waals surface area contributed by atoms with Crippen molar-refractivity contribution < 1.29 is 9.53 Å². The lowest BCUT2D eigenvalue weighted by Crippen LogP contribution is -1.83. The van der Waals surface area contributed by atoms with Crippen molar-refractivity contribution in [1.29, 1.82) is 0 Å². The third kappa shape index (κ3) is 1.18. The molecule has 0 aliphatic rings. The summed E-state index contributed by atoms with van der Waals surface area (Å²) in [5.41, 5.74) is 2.56. The Hall–Kier alpha value is -1.77. The Labute approximate surface area is 81.7 Å². The molecule has 2 aromatic rings. The van der Waals surface area contributed by atoms with E-state index in [1.165, 1.54) is 0 Å². The number of aryl methyl sites for hydroxylation is 1. The second-order valence-electron chi connectivity index (χ2n) is 3.19. The second kappa shape index (κ2) is 3.18. The predicted molar refractivity (Wildman–Crippen MR) is 55.0 cm³/mol. The fourth-order valence-corrected chi connectivity index (χ4v) is 1.61. The molecule has 1 aromatic heterocycles. The molecule has 2 rings (SSSR count). The van der Waals surface area contributed by atoms with Gasteiger partial charge in [-0.1, -0.05) is 0 Å². The Morgan fingerprint density at radius 1 is 1.43 bits per heavy atom. The predicted octanol–water partition coefficient (Wildman–Crippen LogP) is 2.30. The first-order valence-corrected chi connectivity index (χ1v) is 4.37. The van der Waals surface area contributed by atoms with Gasteiger partial charge in [0.25, 0.3) is 0 Å². The number of H-pyrrole nitrogens is 1. The van der Waals surface area contributed by atoms with Gasteiger partial charge in [-0.25, -0.2) is 0 Å². The number of hydrogen-bond acceptors (Lipinski definition) is 2. The van der Waals surface area contributed by atoms with E-state index in [-0.39, 0.29) is 0 Å². The van der Waals surface area contributed by atoms with E-state index in [1.807, 2.05) is 25.1 Å². The maximum absolute atomic E-state index is 10.8. The Morgan fingerprint density at radius 2 is 2.21 bits per heavy atom. The molecule has 0 fully saturated rings. The van der Waals surface area contributed by atoms with Crippen LogP contribution in [-0.2, 0) is 0 Å². The third-order valence-corrected chi connectivity index (χ3v) is 2.36. The van der Waals surface area contributed by atoms with E-state index in [0.717, 1.165) is 28.6 Å². The number of rotatable bonds is 2. The van der Waals surface area contributed by atoms with Gasteiger partial charge in [0.05, 0.1) is 7.11 Å². The minimum Gasteiger partial charge on any atom is -0.497 e. The molecule has 0 spiro atoms. The standard InChI is InChI=1S/C11H11NO2/c1-7-10(6-13)9-5-8(14-2)3-4-11(9)12-7/h3-6,12H,1-2H3. The number of ether oxygens (including phenoxy) is 1. The van der Waals surface area contributed by atoms with Crippen molar-refractivity contribution in [2.45, 2.75) is 6.92 Å². The molecule has 0 aliphatic carbocycles. The Balaban J connectivity index is 2.77. The van der Waals surface area contributed by atoms with Crippen molar-refractivity contribution in [3.05, 3.63) is 29.5 Å². The number of nitrogens with one attached hydrogen (secondary N) is 1. The number of fused-ring (bicyclic) bond motifs is 1. The average Bonchev–Trinajstić information content (AvgIpc) is 2.52. The molecule has 0 saturated heterocycles. The van der Waals surface area contributed by atoms with E-state index in [4.69, 9.17) is 4.74 Å². The van der Waals surface area contributed by atoms with Gasteiger partial charge in [-0.2, -0.15) is 0 Å². The van der Waals surface area contributed by atoms with E-state index < -0.39 is 0 Å². The van der Waals surface area contributed by atoms with Gasteiger partial charge in [0.2, 0.25) is 0 Å². The lowest BCUT2D eigenvalue weighted by Gasteiger charge is -1.98. The van der Waals surface area contributed by atoms with E-state index in [2.05, 4.69) is 4.98 Å². The van der Waals surface area contributed by atoms with Gasteiger partial charge in [0.15, 0.2) is 6.29 Å². The monoisotopic (exact) mass is 189 g/mol. The molecule has 72 valence electrons. The fraction of sp³-hybridized carbons (Fsp3) is 0.182. The van der Waals surface area contributed by atoms with Crippen LogP contribution in [0.4, 0.5) is 0 Å². The normalized spacial score (nSPS) is 10.4. The van der Waals surface area contributed by atoms with Crippen LogP contribution in [0, 0.1) is 6.92 Å². The molecular formula is C11H11NO2. The molecule has 0 atom stereocenters. The van der Waals surface area contributed by atoms with Gasteiger partial charge < -0.3 is 9.72 Å². The molecule has 3 nitrogen and oxygen atoms in total. The first-order chi connectivity index (χ1) is 6.76. The number of aldehydes is 1. The van der Waals surface area contributed by atoms with Crippen molar-refractivity contribution in [1.82, 2.24) is 4.98 Å². The molecule has 1 aromatic carbocycles. The van der Waals surface area contributed by atoms with Crippen LogP contribution >= 0.6 is 0 Å². The van der Waals surface area contributed by atoms with Gasteiger partial charge in [-0.15, -0.1) is 0 Å². The summed E-state index contributed by atoms with van der Waals surface area (Å²) in [5, 5.41) is 0.914. The molecule has 0 radical (unpaired) electrons. The minimum absolute atomic E-state index is 0.707. The van der Waals surface area contributed by atoms with E-state index in [9.17, 15) is 4.79 Å². The molecule has 1 heterocycles. The maximum Gasteiger partial charge on any atom is 0.152 e. The molecule has 0 saturated carbocycles. The quantitative estimate of drug-likeness (QED) is 0.736. The van der Waals surface area contributed by atoms with Crippen LogP contribution < -0.4 is 4.74 Å². The van der Waals surface area contributed by atoms with Gasteiger partial charge in [0, 0.05) is 22.2 Å². The number of carbonyl (C=O) groups is 1. The highest BCUT2D eigenvalue weighted by atomic mass is 16.5. The fourth-order valence-electron chi connectivity index (χ4n) is 1.61. The minimum atomic E-state index is 0.707. The van der Waals surface area contributed by atoms with Crippen LogP contribution in [0.25, 0.3) is 10.9 Å². The lowest BCUT2D eigenvalue weighted by molar-refractivity contribution is 0.112. The van der Waals surface area contributed by atoms with Crippen LogP contribution in [0.5, 0.6) is 5.75 Å². The summed E-state index contributed by atoms with van der Waals surface area (Å²) in [5.74, 6) is 0.764. The van der Waals surface area contributed by atoms with Crippen molar-refractivity contribution >= 4 is 17.2 Å². The summed E-state index contributed by atoms with van der Waals surface area (Å²) in [6, 6.07) is 5.64. The topological polar surface area (TPSA) is 42.1 Å². The van der Waals surface area contributed by atoms with Crippen LogP contribution in [0.1, 0.15) is 16.1 Å². The van der Waals surface area contributed by atoms with E-state index >= 15 is 0 Å². The van der Waals surface area contributed by atoms with Crippen LogP contribution in [-0.4, -0.2) is 18.4 Å². The first-order valence-electron chi connectivity index (χ1n) is 4.37. The SMILES string of the molecule is COc1ccc2[nH]c(C)c(C=O)c2c1. The molecule has 0 unspecified atom stereocenters. The van der Waals surface area contributed by atoms with Crippen LogP contribution in [0.15, 0.2) is 18.2 Å². The number of benzene rings is 1. The van der Waals surface area contributed by atoms with Crippen LogP contribution in [0.2, 0.25) is 0 Å². The highest BCUT2D eigenvalue weighted by Crippen LogP contribution is 2.24. The van der Waals surface area contributed by atoms with E-state index in [0.29, 0.717) is 5.56 Å². The van der Waals surface area contributed by atoms with Crippen molar-refractivity contribution in [2.24, 2.45) is 0 Å². The van der Waals surface area contributed by atoms with Crippen molar-refractivity contribution in [3.8, 4) is 5.75 Å². The molecular weight excluding hydrogens is 178 g/mol. The van der Waals surface area contributed by atoms with E-state index in [1.54, 1.807) is 7.11 Å². The molecule has 3 heteroatoms. The number of aromatic nitrogens is 1. The Bertz CT molecular complexity index is 485. The molecule has 0 bridgehead atoms. The molecule has 0 aliphatic heterocycles. The van der Waals surface area contributed by atoms with Crippen LogP contribution in [0.3, 0.4) is 0 Å². The summed E-state index contributed by atoms with van der Waals surface area (Å²) < 4.78 is 5.10. The number of methoxy groups -OCH3 is 1. The highest BCUT2D eigenvalue weighted by Gasteiger charge is 2.07. The van der Waals surface area contributed by atoms with Gasteiger partial charge in [-0.05, 0) is 25.1 Å². The summed E-state index contributed by atoms with van der Waals surface area (Å²) >= 11 is 0. The first kappa shape index (κ1) is 8.81. The zero-order chi connectivity index (χ0) is 10.1. The smallest absolute Gasteiger partial charge is 0.152 e. The average molecular weight is 189 g/mol. The second-order valence-corrected chi connectivity index (χ2v) is 3.19. The summed E-state index contributed by atoms with van der Waals surface area (Å²) in [6.45, 7) is 1.89. The number of carbonyl (C=O) groups excluding carboxylic acids is 1. The number of hydrogen-bond donors (Lipinski definition) is 1. The van der Waals surface area contributed by atoms with Gasteiger partial charge in [0.1, 0.15) is 5.75 Å². The summed E-state index contributed by atoms with van der Waals surface area (Å²) in [4.78, 5) is 14.0. The zero-order valence-electron chi connectivity index (χ0n) is 8.13. The molecule has 0 amide bonds.